The van der Waals surface area contributed by atoms with E-state index in [1.165, 1.54) is 4.63 Å². The molecule has 0 amide bonds. The molecule has 7 nitrogen and oxygen atoms in total. The summed E-state index contributed by atoms with van der Waals surface area (Å²) in [5.41, 5.74) is 1.73. The van der Waals surface area contributed by atoms with E-state index in [0.29, 0.717) is 12.2 Å². The van der Waals surface area contributed by atoms with E-state index in [2.05, 4.69) is 30.9 Å². The van der Waals surface area contributed by atoms with Crippen LogP contribution in [0.1, 0.15) is 5.56 Å². The molecule has 3 heterocycles. The number of tetrazole rings is 1. The molecule has 0 unspecified atom stereocenters. The van der Waals surface area contributed by atoms with Gasteiger partial charge in [0.25, 0.3) is 0 Å². The average molecular weight is 277 g/mol. The number of hydrogen-bond donors (Lipinski definition) is 1. The van der Waals surface area contributed by atoms with E-state index in [-0.39, 0.29) is 0 Å². The Labute approximate surface area is 119 Å². The first-order chi connectivity index (χ1) is 10.4. The highest BCUT2D eigenvalue weighted by molar-refractivity contribution is 5.99. The third-order valence-electron chi connectivity index (χ3n) is 3.25. The van der Waals surface area contributed by atoms with Crippen molar-refractivity contribution in [3.63, 3.8) is 0 Å². The Morgan fingerprint density at radius 2 is 1.95 bits per heavy atom. The zero-order valence-corrected chi connectivity index (χ0v) is 11.0. The molecule has 0 atom stereocenters. The molecule has 4 rings (SSSR count). The van der Waals surface area contributed by atoms with Crippen LogP contribution in [0.3, 0.4) is 0 Å². The summed E-state index contributed by atoms with van der Waals surface area (Å²) in [5, 5.41) is 21.3. The lowest BCUT2D eigenvalue weighted by Gasteiger charge is -2.08. The van der Waals surface area contributed by atoms with Crippen molar-refractivity contribution in [1.82, 2.24) is 30.2 Å². The number of pyridine rings is 1. The van der Waals surface area contributed by atoms with Crippen molar-refractivity contribution in [3.8, 4) is 0 Å². The highest BCUT2D eigenvalue weighted by Gasteiger charge is 2.10. The van der Waals surface area contributed by atoms with Gasteiger partial charge in [-0.1, -0.05) is 30.3 Å². The van der Waals surface area contributed by atoms with Gasteiger partial charge in [-0.3, -0.25) is 4.98 Å². The maximum atomic E-state index is 4.43. The highest BCUT2D eigenvalue weighted by atomic mass is 15.6. The van der Waals surface area contributed by atoms with Gasteiger partial charge in [0.2, 0.25) is 5.65 Å². The fourth-order valence-corrected chi connectivity index (χ4v) is 2.26. The Morgan fingerprint density at radius 1 is 1.05 bits per heavy atom. The van der Waals surface area contributed by atoms with Crippen LogP contribution in [-0.4, -0.2) is 30.2 Å². The first-order valence-corrected chi connectivity index (χ1v) is 6.52. The fourth-order valence-electron chi connectivity index (χ4n) is 2.26. The van der Waals surface area contributed by atoms with Crippen LogP contribution >= 0.6 is 0 Å². The molecule has 7 heteroatoms. The number of hydrogen-bond acceptors (Lipinski definition) is 6. The third kappa shape index (κ3) is 2.04. The minimum Gasteiger partial charge on any atom is -0.364 e. The van der Waals surface area contributed by atoms with Gasteiger partial charge >= 0.3 is 0 Å². The van der Waals surface area contributed by atoms with Crippen LogP contribution < -0.4 is 5.32 Å². The third-order valence-corrected chi connectivity index (χ3v) is 3.25. The van der Waals surface area contributed by atoms with E-state index in [9.17, 15) is 0 Å². The molecular weight excluding hydrogens is 266 g/mol. The van der Waals surface area contributed by atoms with Gasteiger partial charge in [-0.15, -0.1) is 14.8 Å². The predicted molar refractivity (Wildman–Crippen MR) is 77.6 cm³/mol. The fraction of sp³-hybridized carbons (Fsp3) is 0.0714. The van der Waals surface area contributed by atoms with Gasteiger partial charge in [0.1, 0.15) is 0 Å². The zero-order valence-electron chi connectivity index (χ0n) is 11.0. The molecule has 4 aromatic rings. The molecule has 0 aliphatic rings. The minimum atomic E-state index is 0.637. The normalized spacial score (nSPS) is 11.0. The summed E-state index contributed by atoms with van der Waals surface area (Å²) in [5.74, 6) is 0.745. The molecule has 0 aliphatic heterocycles. The highest BCUT2D eigenvalue weighted by Crippen LogP contribution is 2.23. The van der Waals surface area contributed by atoms with Gasteiger partial charge in [-0.05, 0) is 22.1 Å². The summed E-state index contributed by atoms with van der Waals surface area (Å²) < 4.78 is 1.44. The van der Waals surface area contributed by atoms with Crippen molar-refractivity contribution in [2.75, 3.05) is 5.32 Å². The largest absolute Gasteiger partial charge is 0.364 e. The van der Waals surface area contributed by atoms with E-state index in [4.69, 9.17) is 0 Å². The van der Waals surface area contributed by atoms with E-state index in [1.54, 1.807) is 6.20 Å². The Hall–Kier alpha value is -3.09. The molecule has 0 radical (unpaired) electrons. The molecule has 0 spiro atoms. The second-order valence-electron chi connectivity index (χ2n) is 4.60. The summed E-state index contributed by atoms with van der Waals surface area (Å²) >= 11 is 0. The van der Waals surface area contributed by atoms with Gasteiger partial charge in [0.05, 0.1) is 0 Å². The lowest BCUT2D eigenvalue weighted by molar-refractivity contribution is 0.737. The van der Waals surface area contributed by atoms with Gasteiger partial charge in [-0.2, -0.15) is 0 Å². The summed E-state index contributed by atoms with van der Waals surface area (Å²) in [4.78, 5) is 4.10. The second kappa shape index (κ2) is 4.78. The van der Waals surface area contributed by atoms with Crippen molar-refractivity contribution < 1.29 is 0 Å². The number of nitrogens with one attached hydrogen (secondary N) is 1. The summed E-state index contributed by atoms with van der Waals surface area (Å²) in [6.07, 6.45) is 3.58. The number of nitrogens with zero attached hydrogens (tertiary/aromatic N) is 6. The second-order valence-corrected chi connectivity index (χ2v) is 4.60. The van der Waals surface area contributed by atoms with Crippen LogP contribution in [0.15, 0.2) is 48.8 Å². The molecule has 0 aliphatic carbocycles. The van der Waals surface area contributed by atoms with Crippen molar-refractivity contribution in [1.29, 1.82) is 0 Å². The van der Waals surface area contributed by atoms with E-state index in [1.807, 2.05) is 42.6 Å². The Balaban J connectivity index is 1.79. The van der Waals surface area contributed by atoms with Gasteiger partial charge < -0.3 is 5.32 Å². The van der Waals surface area contributed by atoms with Crippen LogP contribution in [0.4, 0.5) is 5.82 Å². The number of rotatable bonds is 3. The molecule has 3 aromatic heterocycles. The Morgan fingerprint density at radius 3 is 2.81 bits per heavy atom. The topological polar surface area (TPSA) is 80.9 Å². The summed E-state index contributed by atoms with van der Waals surface area (Å²) in [6.45, 7) is 0.637. The summed E-state index contributed by atoms with van der Waals surface area (Å²) in [7, 11) is 0. The molecule has 21 heavy (non-hydrogen) atoms. The standard InChI is InChI=1S/C14H11N7/c1-2-6-12-11(5-1)13(18-21-14(12)17-19-20-21)16-9-10-4-3-7-15-8-10/h1-8H,9H2,(H,16,18). The smallest absolute Gasteiger partial charge is 0.207 e. The lowest BCUT2D eigenvalue weighted by Crippen LogP contribution is -2.06. The first kappa shape index (κ1) is 11.7. The summed E-state index contributed by atoms with van der Waals surface area (Å²) in [6, 6.07) is 11.8. The Kier molecular flexibility index (Phi) is 2.67. The SMILES string of the molecule is c1cncc(CNc2nn3nnnc3c3ccccc23)c1. The van der Waals surface area contributed by atoms with Crippen molar-refractivity contribution in [2.24, 2.45) is 0 Å². The number of benzene rings is 1. The van der Waals surface area contributed by atoms with Gasteiger partial charge in [0.15, 0.2) is 5.82 Å². The van der Waals surface area contributed by atoms with Crippen LogP contribution in [0.2, 0.25) is 0 Å². The van der Waals surface area contributed by atoms with Crippen molar-refractivity contribution in [3.05, 3.63) is 54.4 Å². The van der Waals surface area contributed by atoms with E-state index < -0.39 is 0 Å². The number of fused-ring (bicyclic) bond motifs is 3. The molecule has 0 bridgehead atoms. The molecule has 1 aromatic carbocycles. The molecular formula is C14H11N7. The predicted octanol–water partition coefficient (Wildman–Crippen LogP) is 1.68. The monoisotopic (exact) mass is 277 g/mol. The van der Waals surface area contributed by atoms with Crippen LogP contribution in [0.5, 0.6) is 0 Å². The van der Waals surface area contributed by atoms with Gasteiger partial charge in [-0.25, -0.2) is 0 Å². The number of anilines is 1. The Bertz CT molecular complexity index is 901. The molecule has 0 saturated heterocycles. The minimum absolute atomic E-state index is 0.637. The van der Waals surface area contributed by atoms with E-state index >= 15 is 0 Å². The van der Waals surface area contributed by atoms with Crippen molar-refractivity contribution >= 4 is 22.2 Å². The maximum absolute atomic E-state index is 4.43. The molecule has 1 N–H and O–H groups in total. The van der Waals surface area contributed by atoms with Crippen molar-refractivity contribution in [2.45, 2.75) is 6.54 Å². The lowest BCUT2D eigenvalue weighted by atomic mass is 10.2. The molecule has 102 valence electrons. The molecule has 0 saturated carbocycles. The average Bonchev–Trinajstić information content (AvgIpc) is 3.02. The van der Waals surface area contributed by atoms with Crippen LogP contribution in [0.25, 0.3) is 16.4 Å². The number of aromatic nitrogens is 6. The van der Waals surface area contributed by atoms with E-state index in [0.717, 1.165) is 22.2 Å². The quantitative estimate of drug-likeness (QED) is 0.613. The van der Waals surface area contributed by atoms with Crippen LogP contribution in [0, 0.1) is 0 Å². The zero-order chi connectivity index (χ0) is 14.1. The maximum Gasteiger partial charge on any atom is 0.207 e. The first-order valence-electron chi connectivity index (χ1n) is 6.52. The van der Waals surface area contributed by atoms with Crippen LogP contribution in [-0.2, 0) is 6.54 Å². The molecule has 0 fully saturated rings. The van der Waals surface area contributed by atoms with Gasteiger partial charge in [0, 0.05) is 29.7 Å².